The summed E-state index contributed by atoms with van der Waals surface area (Å²) in [5.41, 5.74) is 2.09. The van der Waals surface area contributed by atoms with E-state index in [0.29, 0.717) is 16.6 Å². The van der Waals surface area contributed by atoms with Gasteiger partial charge in [0.25, 0.3) is 0 Å². The highest BCUT2D eigenvalue weighted by molar-refractivity contribution is 6.42. The van der Waals surface area contributed by atoms with Gasteiger partial charge in [-0.25, -0.2) is 4.79 Å². The standard InChI is InChI=1S/C15H18Cl2N2O2/c16-12-5-3-10-11(14(12)17)4-6-13(10)18-15(21)19(7-8-20)9-1-2-9/h3,5,9,13,20H,1-2,4,6-8H2,(H,18,21). The van der Waals surface area contributed by atoms with Gasteiger partial charge in [-0.3, -0.25) is 0 Å². The first-order valence-electron chi connectivity index (χ1n) is 7.26. The van der Waals surface area contributed by atoms with E-state index in [2.05, 4.69) is 5.32 Å². The molecule has 0 aliphatic heterocycles. The van der Waals surface area contributed by atoms with Crippen molar-refractivity contribution in [1.82, 2.24) is 10.2 Å². The van der Waals surface area contributed by atoms with Crippen molar-refractivity contribution < 1.29 is 9.90 Å². The highest BCUT2D eigenvalue weighted by Gasteiger charge is 2.34. The SMILES string of the molecule is O=C(NC1CCc2c1ccc(Cl)c2Cl)N(CCO)C1CC1. The number of carbonyl (C=O) groups is 1. The summed E-state index contributed by atoms with van der Waals surface area (Å²) in [6, 6.07) is 3.87. The number of benzene rings is 1. The fourth-order valence-corrected chi connectivity index (χ4v) is 3.40. The Hall–Kier alpha value is -0.970. The summed E-state index contributed by atoms with van der Waals surface area (Å²) >= 11 is 12.3. The van der Waals surface area contributed by atoms with Crippen molar-refractivity contribution in [3.63, 3.8) is 0 Å². The Kier molecular flexibility index (Phi) is 4.29. The molecule has 114 valence electrons. The molecule has 0 radical (unpaired) electrons. The molecule has 0 aromatic heterocycles. The minimum Gasteiger partial charge on any atom is -0.395 e. The Morgan fingerprint density at radius 2 is 2.10 bits per heavy atom. The monoisotopic (exact) mass is 328 g/mol. The van der Waals surface area contributed by atoms with Crippen LogP contribution in [0.4, 0.5) is 4.79 Å². The smallest absolute Gasteiger partial charge is 0.318 e. The maximum absolute atomic E-state index is 12.4. The van der Waals surface area contributed by atoms with Crippen molar-refractivity contribution in [2.75, 3.05) is 13.2 Å². The topological polar surface area (TPSA) is 52.6 Å². The molecule has 2 aliphatic carbocycles. The molecule has 3 rings (SSSR count). The number of rotatable bonds is 4. The zero-order chi connectivity index (χ0) is 15.0. The van der Waals surface area contributed by atoms with E-state index >= 15 is 0 Å². The number of halogens is 2. The number of hydrogen-bond acceptors (Lipinski definition) is 2. The van der Waals surface area contributed by atoms with Gasteiger partial charge < -0.3 is 15.3 Å². The third-order valence-corrected chi connectivity index (χ3v) is 5.02. The molecule has 2 aliphatic rings. The molecule has 0 saturated heterocycles. The van der Waals surface area contributed by atoms with Crippen molar-refractivity contribution in [3.05, 3.63) is 33.3 Å². The summed E-state index contributed by atoms with van der Waals surface area (Å²) in [4.78, 5) is 14.1. The summed E-state index contributed by atoms with van der Waals surface area (Å²) in [6.07, 6.45) is 3.70. The highest BCUT2D eigenvalue weighted by Crippen LogP contribution is 2.39. The van der Waals surface area contributed by atoms with Crippen LogP contribution in [0.2, 0.25) is 10.0 Å². The van der Waals surface area contributed by atoms with Gasteiger partial charge in [0.15, 0.2) is 0 Å². The van der Waals surface area contributed by atoms with Gasteiger partial charge in [0, 0.05) is 12.6 Å². The van der Waals surface area contributed by atoms with E-state index in [0.717, 1.165) is 36.8 Å². The minimum atomic E-state index is -0.101. The van der Waals surface area contributed by atoms with Crippen LogP contribution in [-0.2, 0) is 6.42 Å². The van der Waals surface area contributed by atoms with Crippen LogP contribution in [0.15, 0.2) is 12.1 Å². The molecule has 21 heavy (non-hydrogen) atoms. The van der Waals surface area contributed by atoms with Crippen LogP contribution >= 0.6 is 23.2 Å². The summed E-state index contributed by atoms with van der Waals surface area (Å²) in [6.45, 7) is 0.379. The number of aliphatic hydroxyl groups excluding tert-OH is 1. The average Bonchev–Trinajstić information content (AvgIpc) is 3.22. The number of hydrogen-bond donors (Lipinski definition) is 2. The molecule has 2 N–H and O–H groups in total. The molecule has 1 aromatic carbocycles. The number of amides is 2. The van der Waals surface area contributed by atoms with Gasteiger partial charge in [0.1, 0.15) is 0 Å². The van der Waals surface area contributed by atoms with Gasteiger partial charge in [0.05, 0.1) is 22.7 Å². The summed E-state index contributed by atoms with van der Waals surface area (Å²) < 4.78 is 0. The zero-order valence-corrected chi connectivity index (χ0v) is 13.1. The maximum Gasteiger partial charge on any atom is 0.318 e. The molecule has 1 aromatic rings. The summed E-state index contributed by atoms with van der Waals surface area (Å²) in [5.74, 6) is 0. The highest BCUT2D eigenvalue weighted by atomic mass is 35.5. The molecule has 2 amide bonds. The van der Waals surface area contributed by atoms with Crippen molar-refractivity contribution in [2.45, 2.75) is 37.8 Å². The molecule has 0 spiro atoms. The number of fused-ring (bicyclic) bond motifs is 1. The van der Waals surface area contributed by atoms with E-state index in [9.17, 15) is 4.79 Å². The van der Waals surface area contributed by atoms with Crippen LogP contribution in [0.25, 0.3) is 0 Å². The molecular formula is C15H18Cl2N2O2. The Balaban J connectivity index is 1.73. The molecule has 1 saturated carbocycles. The Labute approximate surface area is 134 Å². The molecule has 1 atom stereocenters. The quantitative estimate of drug-likeness (QED) is 0.892. The average molecular weight is 329 g/mol. The zero-order valence-electron chi connectivity index (χ0n) is 11.6. The van der Waals surface area contributed by atoms with E-state index in [1.165, 1.54) is 0 Å². The molecule has 0 bridgehead atoms. The van der Waals surface area contributed by atoms with E-state index in [1.807, 2.05) is 6.07 Å². The largest absolute Gasteiger partial charge is 0.395 e. The minimum absolute atomic E-state index is 0.00733. The van der Waals surface area contributed by atoms with Crippen molar-refractivity contribution in [2.24, 2.45) is 0 Å². The van der Waals surface area contributed by atoms with Crippen molar-refractivity contribution in [1.29, 1.82) is 0 Å². The molecule has 4 nitrogen and oxygen atoms in total. The van der Waals surface area contributed by atoms with Crippen molar-refractivity contribution >= 4 is 29.2 Å². The van der Waals surface area contributed by atoms with Gasteiger partial charge >= 0.3 is 6.03 Å². The second-order valence-corrected chi connectivity index (χ2v) is 6.40. The Morgan fingerprint density at radius 1 is 1.33 bits per heavy atom. The lowest BCUT2D eigenvalue weighted by atomic mass is 10.1. The fourth-order valence-electron chi connectivity index (χ4n) is 2.96. The van der Waals surface area contributed by atoms with E-state index < -0.39 is 0 Å². The predicted octanol–water partition coefficient (Wildman–Crippen LogP) is 3.15. The number of carbonyl (C=O) groups excluding carboxylic acids is 1. The summed E-state index contributed by atoms with van der Waals surface area (Å²) in [5, 5.41) is 13.3. The van der Waals surface area contributed by atoms with Gasteiger partial charge in [-0.05, 0) is 42.9 Å². The first-order chi connectivity index (χ1) is 10.1. The molecule has 1 unspecified atom stereocenters. The lowest BCUT2D eigenvalue weighted by molar-refractivity contribution is 0.170. The van der Waals surface area contributed by atoms with Crippen LogP contribution in [0, 0.1) is 0 Å². The first-order valence-corrected chi connectivity index (χ1v) is 8.02. The number of aliphatic hydroxyl groups is 1. The van der Waals surface area contributed by atoms with Crippen molar-refractivity contribution in [3.8, 4) is 0 Å². The van der Waals surface area contributed by atoms with Gasteiger partial charge in [-0.15, -0.1) is 0 Å². The van der Waals surface area contributed by atoms with Crippen LogP contribution in [-0.4, -0.2) is 35.2 Å². The lowest BCUT2D eigenvalue weighted by Gasteiger charge is -2.24. The predicted molar refractivity (Wildman–Crippen MR) is 82.9 cm³/mol. The first kappa shape index (κ1) is 14.9. The normalized spacial score (nSPS) is 20.2. The van der Waals surface area contributed by atoms with Crippen LogP contribution < -0.4 is 5.32 Å². The second kappa shape index (κ2) is 6.03. The number of nitrogens with one attached hydrogen (secondary N) is 1. The fraction of sp³-hybridized carbons (Fsp3) is 0.533. The molecular weight excluding hydrogens is 311 g/mol. The molecule has 6 heteroatoms. The van der Waals surface area contributed by atoms with E-state index in [4.69, 9.17) is 28.3 Å². The van der Waals surface area contributed by atoms with Crippen LogP contribution in [0.3, 0.4) is 0 Å². The summed E-state index contributed by atoms with van der Waals surface area (Å²) in [7, 11) is 0. The Bertz CT molecular complexity index is 561. The van der Waals surface area contributed by atoms with E-state index in [-0.39, 0.29) is 24.7 Å². The number of nitrogens with zero attached hydrogens (tertiary/aromatic N) is 1. The third-order valence-electron chi connectivity index (χ3n) is 4.18. The molecule has 0 heterocycles. The van der Waals surface area contributed by atoms with Gasteiger partial charge in [-0.2, -0.15) is 0 Å². The van der Waals surface area contributed by atoms with E-state index in [1.54, 1.807) is 11.0 Å². The Morgan fingerprint density at radius 3 is 2.76 bits per heavy atom. The third kappa shape index (κ3) is 2.98. The van der Waals surface area contributed by atoms with Crippen LogP contribution in [0.5, 0.6) is 0 Å². The van der Waals surface area contributed by atoms with Gasteiger partial charge in [-0.1, -0.05) is 29.3 Å². The lowest BCUT2D eigenvalue weighted by Crippen LogP contribution is -2.43. The van der Waals surface area contributed by atoms with Gasteiger partial charge in [0.2, 0.25) is 0 Å². The van der Waals surface area contributed by atoms with Crippen LogP contribution in [0.1, 0.15) is 36.4 Å². The number of urea groups is 1. The molecule has 1 fully saturated rings. The maximum atomic E-state index is 12.4. The second-order valence-electron chi connectivity index (χ2n) is 5.62.